The molecule has 2 aromatic carbocycles. The molecule has 0 aromatic heterocycles. The van der Waals surface area contributed by atoms with Crippen molar-refractivity contribution in [2.75, 3.05) is 47.5 Å². The van der Waals surface area contributed by atoms with E-state index < -0.39 is 0 Å². The molecule has 7 heteroatoms. The van der Waals surface area contributed by atoms with Gasteiger partial charge in [0.05, 0.1) is 26.9 Å². The lowest BCUT2D eigenvalue weighted by molar-refractivity contribution is 0.0624. The number of phenolic OH excluding ortho intramolecular Hbond substituents is 1. The number of hydrogen-bond donors (Lipinski definition) is 1. The van der Waals surface area contributed by atoms with Gasteiger partial charge in [0.25, 0.3) is 5.91 Å². The second kappa shape index (κ2) is 9.92. The van der Waals surface area contributed by atoms with E-state index in [0.29, 0.717) is 48.4 Å². The molecule has 1 heterocycles. The van der Waals surface area contributed by atoms with E-state index in [1.807, 2.05) is 18.2 Å². The highest BCUT2D eigenvalue weighted by Gasteiger charge is 2.25. The molecule has 0 spiro atoms. The quantitative estimate of drug-likeness (QED) is 0.728. The number of benzene rings is 2. The summed E-state index contributed by atoms with van der Waals surface area (Å²) >= 11 is 0. The molecular weight excluding hydrogens is 396 g/mol. The van der Waals surface area contributed by atoms with Crippen molar-refractivity contribution in [2.24, 2.45) is 0 Å². The number of amides is 1. The molecule has 3 rings (SSSR count). The van der Waals surface area contributed by atoms with Crippen LogP contribution in [0.3, 0.4) is 0 Å². The highest BCUT2D eigenvalue weighted by Crippen LogP contribution is 2.40. The fraction of sp³-hybridized carbons (Fsp3) is 0.458. The zero-order valence-corrected chi connectivity index (χ0v) is 19.0. The van der Waals surface area contributed by atoms with E-state index in [0.717, 1.165) is 24.2 Å². The molecule has 31 heavy (non-hydrogen) atoms. The number of methoxy groups -OCH3 is 3. The van der Waals surface area contributed by atoms with Gasteiger partial charge in [-0.25, -0.2) is 0 Å². The molecule has 0 atom stereocenters. The van der Waals surface area contributed by atoms with E-state index in [2.05, 4.69) is 18.7 Å². The van der Waals surface area contributed by atoms with Crippen LogP contribution in [0.2, 0.25) is 0 Å². The highest BCUT2D eigenvalue weighted by atomic mass is 16.5. The Morgan fingerprint density at radius 1 is 0.968 bits per heavy atom. The Morgan fingerprint density at radius 3 is 2.19 bits per heavy atom. The number of piperazine rings is 1. The molecule has 0 saturated carbocycles. The molecule has 1 amide bonds. The summed E-state index contributed by atoms with van der Waals surface area (Å²) in [6, 6.07) is 9.19. The van der Waals surface area contributed by atoms with Gasteiger partial charge >= 0.3 is 0 Å². The lowest BCUT2D eigenvalue weighted by Gasteiger charge is -2.35. The largest absolute Gasteiger partial charge is 0.507 e. The Kier molecular flexibility index (Phi) is 7.28. The number of aromatic hydroxyl groups is 1. The standard InChI is InChI=1S/C24H32N2O5/c1-16(2)17-6-8-19(20(27)14-17)24(28)26-12-10-25(11-13-26)15-18-7-9-21(29-3)23(31-5)22(18)30-4/h6-9,14,16,27H,10-13,15H2,1-5H3. The normalized spacial score (nSPS) is 14.6. The van der Waals surface area contributed by atoms with Crippen molar-refractivity contribution in [2.45, 2.75) is 26.3 Å². The van der Waals surface area contributed by atoms with Gasteiger partial charge in [0, 0.05) is 38.3 Å². The van der Waals surface area contributed by atoms with E-state index in [1.54, 1.807) is 38.4 Å². The van der Waals surface area contributed by atoms with Gasteiger partial charge in [0.1, 0.15) is 5.75 Å². The Labute approximate surface area is 184 Å². The summed E-state index contributed by atoms with van der Waals surface area (Å²) in [5, 5.41) is 10.3. The first-order valence-electron chi connectivity index (χ1n) is 10.5. The number of hydrogen-bond acceptors (Lipinski definition) is 6. The summed E-state index contributed by atoms with van der Waals surface area (Å²) in [6.07, 6.45) is 0. The first kappa shape index (κ1) is 22.7. The molecule has 1 aliphatic heterocycles. The molecule has 1 fully saturated rings. The average Bonchev–Trinajstić information content (AvgIpc) is 2.78. The minimum Gasteiger partial charge on any atom is -0.507 e. The van der Waals surface area contributed by atoms with Crippen molar-refractivity contribution >= 4 is 5.91 Å². The molecule has 7 nitrogen and oxygen atoms in total. The Hall–Kier alpha value is -2.93. The van der Waals surface area contributed by atoms with Crippen LogP contribution in [0.4, 0.5) is 0 Å². The van der Waals surface area contributed by atoms with E-state index in [-0.39, 0.29) is 11.7 Å². The second-order valence-electron chi connectivity index (χ2n) is 7.99. The molecule has 1 saturated heterocycles. The number of carbonyl (C=O) groups is 1. The topological polar surface area (TPSA) is 71.5 Å². The van der Waals surface area contributed by atoms with Crippen LogP contribution >= 0.6 is 0 Å². The molecule has 1 N–H and O–H groups in total. The number of ether oxygens (including phenoxy) is 3. The van der Waals surface area contributed by atoms with Crippen LogP contribution in [0.15, 0.2) is 30.3 Å². The van der Waals surface area contributed by atoms with Crippen molar-refractivity contribution < 1.29 is 24.1 Å². The van der Waals surface area contributed by atoms with Gasteiger partial charge in [0.15, 0.2) is 11.5 Å². The van der Waals surface area contributed by atoms with Crippen molar-refractivity contribution in [3.63, 3.8) is 0 Å². The van der Waals surface area contributed by atoms with Crippen LogP contribution in [-0.4, -0.2) is 68.3 Å². The first-order chi connectivity index (χ1) is 14.9. The van der Waals surface area contributed by atoms with Crippen molar-refractivity contribution in [3.05, 3.63) is 47.0 Å². The van der Waals surface area contributed by atoms with Crippen molar-refractivity contribution in [1.29, 1.82) is 0 Å². The monoisotopic (exact) mass is 428 g/mol. The predicted octanol–water partition coefficient (Wildman–Crippen LogP) is 3.50. The van der Waals surface area contributed by atoms with Crippen LogP contribution in [0.25, 0.3) is 0 Å². The predicted molar refractivity (Wildman–Crippen MR) is 119 cm³/mol. The SMILES string of the molecule is COc1ccc(CN2CCN(C(=O)c3ccc(C(C)C)cc3O)CC2)c(OC)c1OC. The van der Waals surface area contributed by atoms with Gasteiger partial charge in [0.2, 0.25) is 5.75 Å². The van der Waals surface area contributed by atoms with Crippen LogP contribution in [0.1, 0.15) is 41.3 Å². The number of rotatable bonds is 7. The zero-order chi connectivity index (χ0) is 22.5. The van der Waals surface area contributed by atoms with Crippen LogP contribution < -0.4 is 14.2 Å². The average molecular weight is 429 g/mol. The van der Waals surface area contributed by atoms with Crippen LogP contribution in [0.5, 0.6) is 23.0 Å². The molecule has 0 radical (unpaired) electrons. The molecule has 0 bridgehead atoms. The van der Waals surface area contributed by atoms with Gasteiger partial charge in [-0.3, -0.25) is 9.69 Å². The fourth-order valence-corrected chi connectivity index (χ4v) is 3.90. The zero-order valence-electron chi connectivity index (χ0n) is 19.0. The first-order valence-corrected chi connectivity index (χ1v) is 10.5. The number of carbonyl (C=O) groups excluding carboxylic acids is 1. The van der Waals surface area contributed by atoms with E-state index >= 15 is 0 Å². The summed E-state index contributed by atoms with van der Waals surface area (Å²) in [5.74, 6) is 2.09. The van der Waals surface area contributed by atoms with Crippen LogP contribution in [0, 0.1) is 0 Å². The number of nitrogens with zero attached hydrogens (tertiary/aromatic N) is 2. The van der Waals surface area contributed by atoms with E-state index in [1.165, 1.54) is 0 Å². The van der Waals surface area contributed by atoms with E-state index in [9.17, 15) is 9.90 Å². The van der Waals surface area contributed by atoms with Crippen molar-refractivity contribution in [1.82, 2.24) is 9.80 Å². The van der Waals surface area contributed by atoms with Gasteiger partial charge in [-0.1, -0.05) is 26.0 Å². The molecule has 168 valence electrons. The summed E-state index contributed by atoms with van der Waals surface area (Å²) in [5.41, 5.74) is 2.38. The Bertz CT molecular complexity index is 920. The third-order valence-electron chi connectivity index (χ3n) is 5.76. The molecule has 1 aliphatic rings. The summed E-state index contributed by atoms with van der Waals surface area (Å²) in [7, 11) is 4.81. The maximum absolute atomic E-state index is 12.9. The minimum absolute atomic E-state index is 0.0497. The maximum Gasteiger partial charge on any atom is 0.257 e. The lowest BCUT2D eigenvalue weighted by Crippen LogP contribution is -2.48. The smallest absolute Gasteiger partial charge is 0.257 e. The summed E-state index contributed by atoms with van der Waals surface area (Å²) in [4.78, 5) is 17.0. The maximum atomic E-state index is 12.9. The molecule has 0 unspecified atom stereocenters. The number of phenols is 1. The van der Waals surface area contributed by atoms with Crippen molar-refractivity contribution in [3.8, 4) is 23.0 Å². The molecular formula is C24H32N2O5. The summed E-state index contributed by atoms with van der Waals surface area (Å²) in [6.45, 7) is 7.45. The van der Waals surface area contributed by atoms with Gasteiger partial charge < -0.3 is 24.2 Å². The second-order valence-corrected chi connectivity index (χ2v) is 7.99. The summed E-state index contributed by atoms with van der Waals surface area (Å²) < 4.78 is 16.4. The van der Waals surface area contributed by atoms with E-state index in [4.69, 9.17) is 14.2 Å². The molecule has 2 aromatic rings. The fourth-order valence-electron chi connectivity index (χ4n) is 3.90. The lowest BCUT2D eigenvalue weighted by atomic mass is 10.0. The molecule has 0 aliphatic carbocycles. The highest BCUT2D eigenvalue weighted by molar-refractivity contribution is 5.97. The van der Waals surface area contributed by atoms with Gasteiger partial charge in [-0.05, 0) is 29.7 Å². The third-order valence-corrected chi connectivity index (χ3v) is 5.76. The van der Waals surface area contributed by atoms with Gasteiger partial charge in [-0.15, -0.1) is 0 Å². The van der Waals surface area contributed by atoms with Crippen LogP contribution in [-0.2, 0) is 6.54 Å². The third kappa shape index (κ3) is 4.88. The minimum atomic E-state index is -0.129. The van der Waals surface area contributed by atoms with Gasteiger partial charge in [-0.2, -0.15) is 0 Å². The Morgan fingerprint density at radius 2 is 1.65 bits per heavy atom. The Balaban J connectivity index is 1.66.